The van der Waals surface area contributed by atoms with Crippen LogP contribution >= 0.6 is 0 Å². The Morgan fingerprint density at radius 3 is 2.53 bits per heavy atom. The van der Waals surface area contributed by atoms with Crippen LogP contribution in [0.4, 0.5) is 5.69 Å². The summed E-state index contributed by atoms with van der Waals surface area (Å²) in [6, 6.07) is 16.3. The number of aryl methyl sites for hydroxylation is 2. The minimum atomic E-state index is -3.64. The van der Waals surface area contributed by atoms with Crippen LogP contribution in [0, 0.1) is 0 Å². The van der Waals surface area contributed by atoms with Crippen LogP contribution in [0.15, 0.2) is 59.5 Å². The zero-order valence-corrected chi connectivity index (χ0v) is 18.8. The molecule has 0 radical (unpaired) electrons. The van der Waals surface area contributed by atoms with Crippen molar-refractivity contribution in [3.05, 3.63) is 71.3 Å². The lowest BCUT2D eigenvalue weighted by Crippen LogP contribution is -2.34. The molecule has 1 saturated heterocycles. The maximum absolute atomic E-state index is 12.9. The topological polar surface area (TPSA) is 75.7 Å². The molecule has 1 N–H and O–H groups in total. The second-order valence-corrected chi connectivity index (χ2v) is 10.6. The van der Waals surface area contributed by atoms with E-state index in [-0.39, 0.29) is 16.9 Å². The molecule has 1 fully saturated rings. The van der Waals surface area contributed by atoms with Gasteiger partial charge in [-0.3, -0.25) is 4.79 Å². The Labute approximate surface area is 188 Å². The molecule has 7 heteroatoms. The molecule has 6 nitrogen and oxygen atoms in total. The van der Waals surface area contributed by atoms with Gasteiger partial charge in [0.05, 0.1) is 11.0 Å². The second-order valence-electron chi connectivity index (χ2n) is 8.51. The van der Waals surface area contributed by atoms with Crippen LogP contribution in [-0.2, 0) is 27.6 Å². The molecule has 32 heavy (non-hydrogen) atoms. The Balaban J connectivity index is 1.33. The summed E-state index contributed by atoms with van der Waals surface area (Å²) in [5.74, 6) is -0.264. The predicted molar refractivity (Wildman–Crippen MR) is 125 cm³/mol. The fourth-order valence-corrected chi connectivity index (χ4v) is 5.88. The molecular weight excluding hydrogens is 424 g/mol. The van der Waals surface area contributed by atoms with E-state index in [1.807, 2.05) is 18.2 Å². The van der Waals surface area contributed by atoms with Crippen LogP contribution in [-0.4, -0.2) is 44.9 Å². The van der Waals surface area contributed by atoms with Gasteiger partial charge in [-0.15, -0.1) is 0 Å². The van der Waals surface area contributed by atoms with Gasteiger partial charge in [0.2, 0.25) is 10.0 Å². The van der Waals surface area contributed by atoms with E-state index in [9.17, 15) is 13.2 Å². The molecule has 1 heterocycles. The van der Waals surface area contributed by atoms with Gasteiger partial charge in [0.1, 0.15) is 0 Å². The highest BCUT2D eigenvalue weighted by atomic mass is 32.2. The van der Waals surface area contributed by atoms with Crippen molar-refractivity contribution >= 4 is 32.4 Å². The molecular formula is C25H26N2O4S. The molecule has 1 amide bonds. The maximum Gasteiger partial charge on any atom is 0.255 e. The maximum atomic E-state index is 12.9. The number of rotatable bonds is 6. The number of benzene rings is 3. The molecule has 166 valence electrons. The van der Waals surface area contributed by atoms with Crippen molar-refractivity contribution < 1.29 is 17.9 Å². The van der Waals surface area contributed by atoms with Crippen LogP contribution in [0.1, 0.15) is 34.3 Å². The number of hydrogen-bond donors (Lipinski definition) is 1. The first-order valence-electron chi connectivity index (χ1n) is 11.0. The van der Waals surface area contributed by atoms with Crippen LogP contribution in [0.5, 0.6) is 0 Å². The third-order valence-corrected chi connectivity index (χ3v) is 8.27. The third-order valence-electron chi connectivity index (χ3n) is 6.43. The molecule has 1 atom stereocenters. The monoisotopic (exact) mass is 450 g/mol. The second kappa shape index (κ2) is 8.31. The summed E-state index contributed by atoms with van der Waals surface area (Å²) < 4.78 is 32.6. The minimum Gasteiger partial charge on any atom is -0.377 e. The number of likely N-dealkylation sites (N-methyl/N-ethyl adjacent to an activating group) is 1. The van der Waals surface area contributed by atoms with Gasteiger partial charge in [-0.1, -0.05) is 24.3 Å². The van der Waals surface area contributed by atoms with E-state index in [2.05, 4.69) is 17.4 Å². The van der Waals surface area contributed by atoms with Crippen molar-refractivity contribution in [2.45, 2.75) is 36.7 Å². The highest BCUT2D eigenvalue weighted by molar-refractivity contribution is 7.89. The Bertz CT molecular complexity index is 1270. The first kappa shape index (κ1) is 21.1. The first-order chi connectivity index (χ1) is 15.4. The van der Waals surface area contributed by atoms with Gasteiger partial charge in [-0.25, -0.2) is 8.42 Å². The lowest BCUT2D eigenvalue weighted by atomic mass is 10.0. The fraction of sp³-hybridized carbons (Fsp3) is 0.320. The number of carbonyl (C=O) groups is 1. The first-order valence-corrected chi connectivity index (χ1v) is 12.4. The van der Waals surface area contributed by atoms with Gasteiger partial charge in [0.15, 0.2) is 0 Å². The number of anilines is 1. The zero-order chi connectivity index (χ0) is 22.3. The van der Waals surface area contributed by atoms with E-state index in [1.54, 1.807) is 19.2 Å². The number of sulfonamides is 1. The molecule has 0 aromatic heterocycles. The van der Waals surface area contributed by atoms with Gasteiger partial charge >= 0.3 is 0 Å². The van der Waals surface area contributed by atoms with E-state index < -0.39 is 10.0 Å². The average molecular weight is 451 g/mol. The van der Waals surface area contributed by atoms with E-state index in [0.29, 0.717) is 18.7 Å². The van der Waals surface area contributed by atoms with Gasteiger partial charge in [-0.05, 0) is 72.5 Å². The number of ether oxygens (including phenoxy) is 1. The summed E-state index contributed by atoms with van der Waals surface area (Å²) in [5, 5.41) is 5.28. The molecule has 0 saturated carbocycles. The number of nitrogens with one attached hydrogen (secondary N) is 1. The predicted octanol–water partition coefficient (Wildman–Crippen LogP) is 3.99. The third kappa shape index (κ3) is 3.81. The van der Waals surface area contributed by atoms with Crippen molar-refractivity contribution in [2.24, 2.45) is 0 Å². The Kier molecular flexibility index (Phi) is 5.49. The minimum absolute atomic E-state index is 0.0578. The molecule has 1 unspecified atom stereocenters. The summed E-state index contributed by atoms with van der Waals surface area (Å²) >= 11 is 0. The van der Waals surface area contributed by atoms with Gasteiger partial charge in [0, 0.05) is 36.8 Å². The summed E-state index contributed by atoms with van der Waals surface area (Å²) in [4.78, 5) is 13.0. The molecule has 0 spiro atoms. The largest absolute Gasteiger partial charge is 0.377 e. The number of nitrogens with zero attached hydrogens (tertiary/aromatic N) is 1. The van der Waals surface area contributed by atoms with Crippen LogP contribution < -0.4 is 5.32 Å². The van der Waals surface area contributed by atoms with Crippen LogP contribution in [0.2, 0.25) is 0 Å². The SMILES string of the molecule is CN(CC1CCCO1)S(=O)(=O)c1ccc(C(=O)Nc2ccc3c4c(cccc24)CC3)cc1. The van der Waals surface area contributed by atoms with Crippen molar-refractivity contribution in [1.29, 1.82) is 0 Å². The van der Waals surface area contributed by atoms with Crippen LogP contribution in [0.25, 0.3) is 10.8 Å². The zero-order valence-electron chi connectivity index (χ0n) is 18.0. The Hall–Kier alpha value is -2.74. The molecule has 0 bridgehead atoms. The van der Waals surface area contributed by atoms with E-state index in [4.69, 9.17) is 4.74 Å². The van der Waals surface area contributed by atoms with Gasteiger partial charge < -0.3 is 10.1 Å². The van der Waals surface area contributed by atoms with Crippen molar-refractivity contribution in [1.82, 2.24) is 4.31 Å². The number of carbonyl (C=O) groups excluding carboxylic acids is 1. The van der Waals surface area contributed by atoms with E-state index in [0.717, 1.165) is 36.8 Å². The summed E-state index contributed by atoms with van der Waals surface area (Å²) in [6.45, 7) is 1.01. The molecule has 3 aromatic rings. The van der Waals surface area contributed by atoms with E-state index in [1.165, 1.54) is 33.0 Å². The lowest BCUT2D eigenvalue weighted by Gasteiger charge is -2.20. The normalized spacial score (nSPS) is 17.9. The number of hydrogen-bond acceptors (Lipinski definition) is 4. The molecule has 1 aliphatic heterocycles. The fourth-order valence-electron chi connectivity index (χ4n) is 4.68. The molecule has 1 aliphatic carbocycles. The quantitative estimate of drug-likeness (QED) is 0.616. The van der Waals surface area contributed by atoms with Gasteiger partial charge in [-0.2, -0.15) is 4.31 Å². The smallest absolute Gasteiger partial charge is 0.255 e. The highest BCUT2D eigenvalue weighted by Gasteiger charge is 2.26. The van der Waals surface area contributed by atoms with Crippen molar-refractivity contribution in [3.8, 4) is 0 Å². The lowest BCUT2D eigenvalue weighted by molar-refractivity contribution is 0.0979. The summed E-state index contributed by atoms with van der Waals surface area (Å²) in [6.07, 6.45) is 3.83. The Morgan fingerprint density at radius 1 is 1.06 bits per heavy atom. The molecule has 2 aliphatic rings. The average Bonchev–Trinajstić information content (AvgIpc) is 3.46. The van der Waals surface area contributed by atoms with Crippen molar-refractivity contribution in [3.63, 3.8) is 0 Å². The van der Waals surface area contributed by atoms with E-state index >= 15 is 0 Å². The summed E-state index contributed by atoms with van der Waals surface area (Å²) in [7, 11) is -2.07. The standard InChI is InChI=1S/C25H26N2O4S/c1-27(16-20-5-3-15-31-20)32(29,30)21-12-9-19(10-13-21)25(28)26-23-14-11-18-8-7-17-4-2-6-22(23)24(17)18/h2,4,6,9-14,20H,3,5,7-8,15-16H2,1H3,(H,26,28). The van der Waals surface area contributed by atoms with Gasteiger partial charge in [0.25, 0.3) is 5.91 Å². The molecule has 5 rings (SSSR count). The molecule has 3 aromatic carbocycles. The highest BCUT2D eigenvalue weighted by Crippen LogP contribution is 2.35. The summed E-state index contributed by atoms with van der Waals surface area (Å²) in [5.41, 5.74) is 3.81. The number of amides is 1. The Morgan fingerprint density at radius 2 is 1.81 bits per heavy atom. The van der Waals surface area contributed by atoms with Crippen LogP contribution in [0.3, 0.4) is 0 Å². The van der Waals surface area contributed by atoms with Crippen molar-refractivity contribution in [2.75, 3.05) is 25.5 Å².